The number of amides is 1. The Morgan fingerprint density at radius 1 is 1.08 bits per heavy atom. The normalized spacial score (nSPS) is 14.5. The van der Waals surface area contributed by atoms with Crippen molar-refractivity contribution in [1.82, 2.24) is 4.90 Å². The van der Waals surface area contributed by atoms with Gasteiger partial charge in [0.1, 0.15) is 30.4 Å². The van der Waals surface area contributed by atoms with Crippen LogP contribution < -0.4 is 9.64 Å². The zero-order valence-electron chi connectivity index (χ0n) is 19.2. The largest absolute Gasteiger partial charge is 0.487 e. The highest BCUT2D eigenvalue weighted by Gasteiger charge is 2.40. The summed E-state index contributed by atoms with van der Waals surface area (Å²) in [6, 6.07) is 16.2. The summed E-state index contributed by atoms with van der Waals surface area (Å²) in [5, 5.41) is 0.654. The van der Waals surface area contributed by atoms with Crippen molar-refractivity contribution >= 4 is 84.4 Å². The number of anilines is 1. The van der Waals surface area contributed by atoms with Gasteiger partial charge in [0.05, 0.1) is 21.7 Å². The third-order valence-corrected chi connectivity index (χ3v) is 7.19. The Morgan fingerprint density at radius 3 is 2.30 bits per heavy atom. The van der Waals surface area contributed by atoms with Gasteiger partial charge in [-0.3, -0.25) is 14.5 Å². The van der Waals surface area contributed by atoms with Gasteiger partial charge >= 0.3 is 5.97 Å². The molecule has 190 valence electrons. The molecule has 1 saturated heterocycles. The topological polar surface area (TPSA) is 59.1 Å². The van der Waals surface area contributed by atoms with E-state index in [1.807, 2.05) is 0 Å². The minimum absolute atomic E-state index is 0.140. The molecule has 37 heavy (non-hydrogen) atoms. The van der Waals surface area contributed by atoms with Crippen LogP contribution in [0.3, 0.4) is 0 Å². The van der Waals surface area contributed by atoms with Crippen molar-refractivity contribution < 1.29 is 23.5 Å². The highest BCUT2D eigenvalue weighted by molar-refractivity contribution is 9.11. The van der Waals surface area contributed by atoms with Gasteiger partial charge in [0, 0.05) is 5.02 Å². The molecule has 0 aromatic heterocycles. The Bertz CT molecular complexity index is 1380. The summed E-state index contributed by atoms with van der Waals surface area (Å²) in [7, 11) is 1.27. The molecular formula is C26H18Br2ClFN2O4S. The van der Waals surface area contributed by atoms with Crippen LogP contribution in [0.25, 0.3) is 6.08 Å². The second-order valence-electron chi connectivity index (χ2n) is 7.82. The molecule has 6 nitrogen and oxygen atoms in total. The third kappa shape index (κ3) is 6.20. The smallest absolute Gasteiger partial charge is 0.325 e. The lowest BCUT2D eigenvalue weighted by atomic mass is 10.1. The summed E-state index contributed by atoms with van der Waals surface area (Å²) in [5.74, 6) is -0.736. The van der Waals surface area contributed by atoms with E-state index in [0.29, 0.717) is 31.0 Å². The lowest BCUT2D eigenvalue weighted by molar-refractivity contribution is -0.140. The van der Waals surface area contributed by atoms with Gasteiger partial charge in [-0.2, -0.15) is 0 Å². The number of hydrogen-bond acceptors (Lipinski definition) is 5. The van der Waals surface area contributed by atoms with Gasteiger partial charge in [-0.1, -0.05) is 23.7 Å². The van der Waals surface area contributed by atoms with Crippen molar-refractivity contribution in [3.63, 3.8) is 0 Å². The monoisotopic (exact) mass is 666 g/mol. The van der Waals surface area contributed by atoms with Gasteiger partial charge in [0.2, 0.25) is 0 Å². The second-order valence-corrected chi connectivity index (χ2v) is 10.3. The molecule has 0 spiro atoms. The fraction of sp³-hybridized carbons (Fsp3) is 0.115. The van der Waals surface area contributed by atoms with Crippen LogP contribution >= 0.6 is 55.7 Å². The van der Waals surface area contributed by atoms with Crippen LogP contribution in [0, 0.1) is 5.82 Å². The molecule has 1 heterocycles. The Balaban J connectivity index is 1.65. The summed E-state index contributed by atoms with van der Waals surface area (Å²) in [6.07, 6.45) is 1.63. The summed E-state index contributed by atoms with van der Waals surface area (Å²) in [5.41, 5.74) is 2.16. The SMILES string of the molecule is COC(=O)CN1C(=S)N(c2ccc(Cl)cc2)C(=O)/C1=C/c1cc(Br)c(OCc2ccc(F)cc2)c(Br)c1. The molecule has 0 bridgehead atoms. The first-order valence-corrected chi connectivity index (χ1v) is 13.1. The van der Waals surface area contributed by atoms with Crippen molar-refractivity contribution in [1.29, 1.82) is 0 Å². The summed E-state index contributed by atoms with van der Waals surface area (Å²) >= 11 is 18.6. The number of methoxy groups -OCH3 is 1. The van der Waals surface area contributed by atoms with Crippen molar-refractivity contribution in [2.45, 2.75) is 6.61 Å². The van der Waals surface area contributed by atoms with Crippen LogP contribution in [0.5, 0.6) is 5.75 Å². The van der Waals surface area contributed by atoms with E-state index in [2.05, 4.69) is 31.9 Å². The van der Waals surface area contributed by atoms with Crippen LogP contribution in [0.2, 0.25) is 5.02 Å². The van der Waals surface area contributed by atoms with Gasteiger partial charge in [-0.25, -0.2) is 4.39 Å². The van der Waals surface area contributed by atoms with E-state index in [1.165, 1.54) is 29.0 Å². The molecule has 1 aliphatic heterocycles. The zero-order chi connectivity index (χ0) is 26.7. The highest BCUT2D eigenvalue weighted by atomic mass is 79.9. The summed E-state index contributed by atoms with van der Waals surface area (Å²) < 4.78 is 25.1. The van der Waals surface area contributed by atoms with Gasteiger partial charge in [0.25, 0.3) is 5.91 Å². The number of rotatable bonds is 7. The molecule has 3 aromatic rings. The number of benzene rings is 3. The maximum absolute atomic E-state index is 13.5. The molecule has 0 saturated carbocycles. The minimum atomic E-state index is -0.550. The Morgan fingerprint density at radius 2 is 1.70 bits per heavy atom. The van der Waals surface area contributed by atoms with Crippen LogP contribution in [0.15, 0.2) is 75.3 Å². The number of carbonyl (C=O) groups is 2. The first-order valence-electron chi connectivity index (χ1n) is 10.7. The summed E-state index contributed by atoms with van der Waals surface area (Å²) in [6.45, 7) is -0.00810. The number of carbonyl (C=O) groups excluding carboxylic acids is 2. The lowest BCUT2D eigenvalue weighted by Gasteiger charge is -2.19. The van der Waals surface area contributed by atoms with E-state index in [0.717, 1.165) is 5.56 Å². The van der Waals surface area contributed by atoms with Crippen molar-refractivity contribution in [3.8, 4) is 5.75 Å². The van der Waals surface area contributed by atoms with Crippen molar-refractivity contribution in [2.24, 2.45) is 0 Å². The van der Waals surface area contributed by atoms with Crippen molar-refractivity contribution in [2.75, 3.05) is 18.6 Å². The van der Waals surface area contributed by atoms with E-state index >= 15 is 0 Å². The number of esters is 1. The molecule has 0 aliphatic carbocycles. The quantitative estimate of drug-likeness (QED) is 0.158. The first kappa shape index (κ1) is 27.3. The Labute approximate surface area is 239 Å². The van der Waals surface area contributed by atoms with E-state index in [-0.39, 0.29) is 29.8 Å². The number of nitrogens with zero attached hydrogens (tertiary/aromatic N) is 2. The third-order valence-electron chi connectivity index (χ3n) is 5.36. The Kier molecular flexibility index (Phi) is 8.63. The molecule has 4 rings (SSSR count). The highest BCUT2D eigenvalue weighted by Crippen LogP contribution is 2.37. The minimum Gasteiger partial charge on any atom is -0.487 e. The molecule has 0 atom stereocenters. The number of ether oxygens (including phenoxy) is 2. The second kappa shape index (κ2) is 11.7. The average molecular weight is 669 g/mol. The fourth-order valence-electron chi connectivity index (χ4n) is 3.54. The van der Waals surface area contributed by atoms with E-state index in [4.69, 9.17) is 33.3 Å². The molecule has 11 heteroatoms. The van der Waals surface area contributed by atoms with Crippen LogP contribution in [-0.4, -0.2) is 35.5 Å². The predicted molar refractivity (Wildman–Crippen MR) is 151 cm³/mol. The maximum Gasteiger partial charge on any atom is 0.325 e. The fourth-order valence-corrected chi connectivity index (χ4v) is 5.47. The summed E-state index contributed by atoms with van der Waals surface area (Å²) in [4.78, 5) is 28.4. The average Bonchev–Trinajstić information content (AvgIpc) is 3.09. The van der Waals surface area contributed by atoms with Crippen LogP contribution in [0.4, 0.5) is 10.1 Å². The van der Waals surface area contributed by atoms with Gasteiger partial charge in [-0.15, -0.1) is 0 Å². The molecule has 1 amide bonds. The molecule has 0 unspecified atom stereocenters. The molecule has 3 aromatic carbocycles. The van der Waals surface area contributed by atoms with Crippen molar-refractivity contribution in [3.05, 3.63) is 97.3 Å². The predicted octanol–water partition coefficient (Wildman–Crippen LogP) is 6.73. The number of halogens is 4. The maximum atomic E-state index is 13.5. The van der Waals surface area contributed by atoms with Gasteiger partial charge < -0.3 is 14.4 Å². The van der Waals surface area contributed by atoms with Gasteiger partial charge in [0.15, 0.2) is 5.11 Å². The van der Waals surface area contributed by atoms with E-state index in [1.54, 1.807) is 54.6 Å². The molecule has 1 fully saturated rings. The number of hydrogen-bond donors (Lipinski definition) is 0. The lowest BCUT2D eigenvalue weighted by Crippen LogP contribution is -2.35. The van der Waals surface area contributed by atoms with E-state index in [9.17, 15) is 14.0 Å². The Hall–Kier alpha value is -2.79. The number of thiocarbonyl (C=S) groups is 1. The van der Waals surface area contributed by atoms with E-state index < -0.39 is 11.9 Å². The molecule has 0 N–H and O–H groups in total. The molecular weight excluding hydrogens is 651 g/mol. The zero-order valence-corrected chi connectivity index (χ0v) is 24.0. The van der Waals surface area contributed by atoms with Crippen LogP contribution in [-0.2, 0) is 20.9 Å². The van der Waals surface area contributed by atoms with Gasteiger partial charge in [-0.05, 0) is 110 Å². The molecule has 1 aliphatic rings. The molecule has 0 radical (unpaired) electrons. The first-order chi connectivity index (χ1) is 17.7. The van der Waals surface area contributed by atoms with Crippen LogP contribution in [0.1, 0.15) is 11.1 Å². The standard InChI is InChI=1S/C26H18Br2ClFN2O4S/c1-35-23(33)13-31-22(25(34)32(26(31)37)19-8-4-17(29)5-9-19)12-16-10-20(27)24(21(28)11-16)36-14-15-2-6-18(30)7-3-15/h2-12H,13-14H2,1H3/b22-12-.